The SMILES string of the molecule is COc1ccc(OC)c(-c2ccc(NC(=O)c3c(F)cccc3F)cc2)c1.Cc1ccc(C(F)(F)F)c(-c2ccc(NC(=O)c3c(F)cccc3F)cc2)c1. The molecule has 6 aromatic carbocycles. The molecule has 0 atom stereocenters. The topological polar surface area (TPSA) is 76.7 Å². The lowest BCUT2D eigenvalue weighted by Crippen LogP contribution is -2.15. The molecule has 0 fully saturated rings. The normalized spacial score (nSPS) is 10.9. The van der Waals surface area contributed by atoms with E-state index in [0.717, 1.165) is 47.5 Å². The second-order valence-electron chi connectivity index (χ2n) is 11.9. The summed E-state index contributed by atoms with van der Waals surface area (Å²) in [6.07, 6.45) is -4.52. The molecule has 2 amide bonds. The second-order valence-corrected chi connectivity index (χ2v) is 11.9. The van der Waals surface area contributed by atoms with Crippen LogP contribution in [0.4, 0.5) is 42.1 Å². The van der Waals surface area contributed by atoms with E-state index in [-0.39, 0.29) is 11.3 Å². The molecule has 55 heavy (non-hydrogen) atoms. The monoisotopic (exact) mass is 760 g/mol. The number of halogens is 7. The van der Waals surface area contributed by atoms with Gasteiger partial charge in [-0.15, -0.1) is 0 Å². The van der Waals surface area contributed by atoms with E-state index in [9.17, 15) is 40.3 Å². The molecule has 0 saturated carbocycles. The van der Waals surface area contributed by atoms with Gasteiger partial charge in [-0.1, -0.05) is 54.1 Å². The molecular weight excluding hydrogens is 729 g/mol. The standard InChI is InChI=1S/C21H14F5NO.C21H17F2NO3/c1-12-5-10-16(21(24,25)26)15(11-12)13-6-8-14(9-7-13)27-20(28)19-17(22)3-2-4-18(19)23;1-26-15-10-11-19(27-2)16(12-15)13-6-8-14(9-7-13)24-21(25)20-17(22)4-3-5-18(20)23/h2-11H,1H3,(H,27,28);3-12H,1-2H3,(H,24,25). The number of nitrogens with one attached hydrogen (secondary N) is 2. The molecule has 282 valence electrons. The number of hydrogen-bond acceptors (Lipinski definition) is 4. The first-order valence-electron chi connectivity index (χ1n) is 16.3. The van der Waals surface area contributed by atoms with E-state index >= 15 is 0 Å². The zero-order valence-corrected chi connectivity index (χ0v) is 29.3. The molecule has 0 spiro atoms. The van der Waals surface area contributed by atoms with Crippen molar-refractivity contribution in [1.82, 2.24) is 0 Å². The van der Waals surface area contributed by atoms with Crippen molar-refractivity contribution in [2.45, 2.75) is 13.1 Å². The Morgan fingerprint density at radius 3 is 1.42 bits per heavy atom. The molecule has 2 N–H and O–H groups in total. The van der Waals surface area contributed by atoms with Crippen molar-refractivity contribution in [2.24, 2.45) is 0 Å². The van der Waals surface area contributed by atoms with E-state index in [4.69, 9.17) is 9.47 Å². The number of carbonyl (C=O) groups is 2. The van der Waals surface area contributed by atoms with Crippen LogP contribution in [0.3, 0.4) is 0 Å². The van der Waals surface area contributed by atoms with Gasteiger partial charge in [0.15, 0.2) is 0 Å². The van der Waals surface area contributed by atoms with Crippen molar-refractivity contribution >= 4 is 23.2 Å². The highest BCUT2D eigenvalue weighted by atomic mass is 19.4. The van der Waals surface area contributed by atoms with Gasteiger partial charge in [0.05, 0.1) is 19.8 Å². The largest absolute Gasteiger partial charge is 0.497 e. The van der Waals surface area contributed by atoms with Gasteiger partial charge in [-0.25, -0.2) is 17.6 Å². The van der Waals surface area contributed by atoms with Crippen molar-refractivity contribution < 1.29 is 49.8 Å². The number of anilines is 2. The molecule has 0 aliphatic rings. The maximum atomic E-state index is 13.7. The highest BCUT2D eigenvalue weighted by Gasteiger charge is 2.33. The molecular formula is C42H31F7N2O4. The summed E-state index contributed by atoms with van der Waals surface area (Å²) in [7, 11) is 3.15. The average molecular weight is 761 g/mol. The lowest BCUT2D eigenvalue weighted by Gasteiger charge is -2.14. The molecule has 6 aromatic rings. The number of hydrogen-bond donors (Lipinski definition) is 2. The number of amides is 2. The van der Waals surface area contributed by atoms with Crippen LogP contribution in [0.1, 0.15) is 31.8 Å². The Hall–Kier alpha value is -6.63. The van der Waals surface area contributed by atoms with Gasteiger partial charge in [-0.3, -0.25) is 9.59 Å². The summed E-state index contributed by atoms with van der Waals surface area (Å²) in [5, 5.41) is 4.83. The van der Waals surface area contributed by atoms with E-state index in [1.165, 1.54) is 42.5 Å². The first-order valence-corrected chi connectivity index (χ1v) is 16.3. The summed E-state index contributed by atoms with van der Waals surface area (Å²) in [6.45, 7) is 1.68. The van der Waals surface area contributed by atoms with Crippen LogP contribution in [-0.2, 0) is 6.18 Å². The maximum Gasteiger partial charge on any atom is 0.417 e. The van der Waals surface area contributed by atoms with Crippen molar-refractivity contribution in [3.8, 4) is 33.8 Å². The van der Waals surface area contributed by atoms with Gasteiger partial charge < -0.3 is 20.1 Å². The average Bonchev–Trinajstić information content (AvgIpc) is 3.15. The number of alkyl halides is 3. The van der Waals surface area contributed by atoms with Gasteiger partial charge in [-0.2, -0.15) is 13.2 Å². The van der Waals surface area contributed by atoms with Crippen LogP contribution in [0.5, 0.6) is 11.5 Å². The molecule has 0 aromatic heterocycles. The predicted molar refractivity (Wildman–Crippen MR) is 195 cm³/mol. The molecule has 0 bridgehead atoms. The van der Waals surface area contributed by atoms with E-state index < -0.39 is 57.9 Å². The van der Waals surface area contributed by atoms with Gasteiger partial charge >= 0.3 is 6.18 Å². The number of methoxy groups -OCH3 is 2. The summed E-state index contributed by atoms with van der Waals surface area (Å²) in [4.78, 5) is 24.3. The minimum Gasteiger partial charge on any atom is -0.497 e. The number of aryl methyl sites for hydroxylation is 1. The van der Waals surface area contributed by atoms with Crippen molar-refractivity contribution in [1.29, 1.82) is 0 Å². The fourth-order valence-electron chi connectivity index (χ4n) is 5.47. The van der Waals surface area contributed by atoms with Crippen LogP contribution >= 0.6 is 0 Å². The second kappa shape index (κ2) is 17.0. The summed E-state index contributed by atoms with van der Waals surface area (Å²) in [6, 6.07) is 27.9. The van der Waals surface area contributed by atoms with Gasteiger partial charge in [0.2, 0.25) is 0 Å². The number of ether oxygens (including phenoxy) is 2. The molecule has 0 saturated heterocycles. The Kier molecular flexibility index (Phi) is 12.2. The van der Waals surface area contributed by atoms with Crippen LogP contribution < -0.4 is 20.1 Å². The van der Waals surface area contributed by atoms with Crippen LogP contribution in [0.15, 0.2) is 121 Å². The van der Waals surface area contributed by atoms with Gasteiger partial charge in [0.25, 0.3) is 11.8 Å². The van der Waals surface area contributed by atoms with Gasteiger partial charge in [0.1, 0.15) is 45.9 Å². The number of rotatable bonds is 8. The molecule has 6 rings (SSSR count). The molecule has 6 nitrogen and oxygen atoms in total. The molecule has 13 heteroatoms. The zero-order valence-electron chi connectivity index (χ0n) is 29.3. The van der Waals surface area contributed by atoms with Crippen LogP contribution in [0.2, 0.25) is 0 Å². The molecule has 0 unspecified atom stereocenters. The van der Waals surface area contributed by atoms with E-state index in [2.05, 4.69) is 10.6 Å². The Morgan fingerprint density at radius 2 is 1.00 bits per heavy atom. The summed E-state index contributed by atoms with van der Waals surface area (Å²) in [5.74, 6) is -4.34. The molecule has 0 aliphatic carbocycles. The minimum atomic E-state index is -4.52. The lowest BCUT2D eigenvalue weighted by atomic mass is 9.97. The van der Waals surface area contributed by atoms with Crippen molar-refractivity contribution in [3.63, 3.8) is 0 Å². The molecule has 0 aliphatic heterocycles. The minimum absolute atomic E-state index is 0.00512. The number of benzene rings is 6. The highest BCUT2D eigenvalue weighted by molar-refractivity contribution is 6.05. The first-order chi connectivity index (χ1) is 26.2. The fourth-order valence-corrected chi connectivity index (χ4v) is 5.47. The van der Waals surface area contributed by atoms with Gasteiger partial charge in [-0.05, 0) is 96.4 Å². The third-order valence-corrected chi connectivity index (χ3v) is 8.17. The maximum absolute atomic E-state index is 13.7. The van der Waals surface area contributed by atoms with E-state index in [1.54, 1.807) is 57.5 Å². The zero-order chi connectivity index (χ0) is 39.9. The lowest BCUT2D eigenvalue weighted by molar-refractivity contribution is -0.137. The highest BCUT2D eigenvalue weighted by Crippen LogP contribution is 2.38. The Labute approximate surface area is 311 Å². The third kappa shape index (κ3) is 9.49. The van der Waals surface area contributed by atoms with Gasteiger partial charge in [0, 0.05) is 16.9 Å². The fraction of sp³-hybridized carbons (Fsp3) is 0.0952. The Balaban J connectivity index is 0.000000211. The summed E-state index contributed by atoms with van der Waals surface area (Å²) >= 11 is 0. The molecule has 0 heterocycles. The quantitative estimate of drug-likeness (QED) is 0.152. The summed E-state index contributed by atoms with van der Waals surface area (Å²) in [5.41, 5.74) is 1.09. The van der Waals surface area contributed by atoms with Crippen molar-refractivity contribution in [2.75, 3.05) is 24.9 Å². The van der Waals surface area contributed by atoms with Crippen LogP contribution in [0, 0.1) is 30.2 Å². The van der Waals surface area contributed by atoms with E-state index in [0.29, 0.717) is 28.3 Å². The van der Waals surface area contributed by atoms with Crippen molar-refractivity contribution in [3.05, 3.63) is 167 Å². The number of carbonyl (C=O) groups excluding carboxylic acids is 2. The predicted octanol–water partition coefficient (Wildman–Crippen LogP) is 11.1. The Morgan fingerprint density at radius 1 is 0.545 bits per heavy atom. The first kappa shape index (κ1) is 39.6. The molecule has 0 radical (unpaired) electrons. The van der Waals surface area contributed by atoms with Crippen LogP contribution in [0.25, 0.3) is 22.3 Å². The third-order valence-electron chi connectivity index (χ3n) is 8.17. The summed E-state index contributed by atoms with van der Waals surface area (Å²) < 4.78 is 105. The van der Waals surface area contributed by atoms with E-state index in [1.807, 2.05) is 6.07 Å². The smallest absolute Gasteiger partial charge is 0.417 e. The Bertz CT molecular complexity index is 2290. The van der Waals surface area contributed by atoms with Crippen LogP contribution in [-0.4, -0.2) is 26.0 Å².